The average molecular weight is 464 g/mol. The van der Waals surface area contributed by atoms with Gasteiger partial charge in [0.05, 0.1) is 17.7 Å². The lowest BCUT2D eigenvalue weighted by Crippen LogP contribution is -2.44. The molecule has 0 atom stereocenters. The number of aromatic nitrogens is 3. The molecule has 0 bridgehead atoms. The van der Waals surface area contributed by atoms with Crippen LogP contribution >= 0.6 is 0 Å². The van der Waals surface area contributed by atoms with Crippen LogP contribution in [0.25, 0.3) is 22.3 Å². The van der Waals surface area contributed by atoms with E-state index >= 15 is 0 Å². The van der Waals surface area contributed by atoms with E-state index in [1.807, 2.05) is 24.3 Å². The van der Waals surface area contributed by atoms with Crippen molar-refractivity contribution < 1.29 is 19.4 Å². The van der Waals surface area contributed by atoms with E-state index in [2.05, 4.69) is 25.6 Å². The molecule has 2 heterocycles. The molecule has 9 nitrogen and oxygen atoms in total. The van der Waals surface area contributed by atoms with Crippen LogP contribution in [0.2, 0.25) is 0 Å². The van der Waals surface area contributed by atoms with Crippen LogP contribution in [-0.2, 0) is 4.79 Å². The lowest BCUT2D eigenvalue weighted by Gasteiger charge is -2.29. The Morgan fingerprint density at radius 3 is 2.50 bits per heavy atom. The zero-order chi connectivity index (χ0) is 23.5. The lowest BCUT2D eigenvalue weighted by molar-refractivity contribution is -0.124. The van der Waals surface area contributed by atoms with E-state index in [9.17, 15) is 9.59 Å². The van der Waals surface area contributed by atoms with Gasteiger partial charge in [0, 0.05) is 23.8 Å². The van der Waals surface area contributed by atoms with E-state index in [0.717, 1.165) is 37.0 Å². The summed E-state index contributed by atoms with van der Waals surface area (Å²) in [7, 11) is 0. The summed E-state index contributed by atoms with van der Waals surface area (Å²) in [6.07, 6.45) is 8.63. The summed E-state index contributed by atoms with van der Waals surface area (Å²) >= 11 is 0. The minimum Gasteiger partial charge on any atom is -0.493 e. The number of carbonyl (C=O) groups is 2. The molecule has 5 rings (SSSR count). The van der Waals surface area contributed by atoms with Gasteiger partial charge in [0.25, 0.3) is 5.91 Å². The fourth-order valence-electron chi connectivity index (χ4n) is 4.52. The van der Waals surface area contributed by atoms with Gasteiger partial charge in [0.2, 0.25) is 5.91 Å². The number of para-hydroxylation sites is 1. The van der Waals surface area contributed by atoms with Crippen molar-refractivity contribution in [1.29, 1.82) is 0 Å². The van der Waals surface area contributed by atoms with Gasteiger partial charge >= 0.3 is 0 Å². The molecule has 34 heavy (non-hydrogen) atoms. The maximum Gasteiger partial charge on any atom is 0.255 e. The Kier molecular flexibility index (Phi) is 6.44. The van der Waals surface area contributed by atoms with Crippen LogP contribution in [0.5, 0.6) is 5.75 Å². The first-order valence-corrected chi connectivity index (χ1v) is 11.9. The number of ether oxygens (including phenoxy) is 1. The maximum atomic E-state index is 13.1. The van der Waals surface area contributed by atoms with Crippen LogP contribution in [0, 0.1) is 5.92 Å². The molecule has 2 fully saturated rings. The summed E-state index contributed by atoms with van der Waals surface area (Å²) in [5, 5.41) is 14.8. The molecule has 4 N–H and O–H groups in total. The summed E-state index contributed by atoms with van der Waals surface area (Å²) in [4.78, 5) is 36.6. The van der Waals surface area contributed by atoms with E-state index in [1.54, 1.807) is 6.20 Å². The molecule has 1 aromatic carbocycles. The van der Waals surface area contributed by atoms with Gasteiger partial charge in [0.1, 0.15) is 29.9 Å². The average Bonchev–Trinajstić information content (AvgIpc) is 3.59. The number of aliphatic hydroxyl groups excluding tert-OH is 1. The fourth-order valence-corrected chi connectivity index (χ4v) is 4.52. The second kappa shape index (κ2) is 9.80. The van der Waals surface area contributed by atoms with Crippen molar-refractivity contribution >= 4 is 22.8 Å². The first-order chi connectivity index (χ1) is 16.6. The number of nitrogens with one attached hydrogen (secondary N) is 3. The Labute approximate surface area is 197 Å². The highest BCUT2D eigenvalue weighted by Crippen LogP contribution is 2.35. The van der Waals surface area contributed by atoms with Gasteiger partial charge in [-0.15, -0.1) is 0 Å². The zero-order valence-corrected chi connectivity index (χ0v) is 18.9. The molecular formula is C25H29N5O4. The monoisotopic (exact) mass is 463 g/mol. The van der Waals surface area contributed by atoms with Crippen LogP contribution in [0.4, 0.5) is 0 Å². The molecule has 2 aromatic heterocycles. The highest BCUT2D eigenvalue weighted by Gasteiger charge is 2.26. The quantitative estimate of drug-likeness (QED) is 0.406. The molecule has 2 amide bonds. The fraction of sp³-hybridized carbons (Fsp3) is 0.440. The van der Waals surface area contributed by atoms with Crippen molar-refractivity contribution in [1.82, 2.24) is 25.6 Å². The van der Waals surface area contributed by atoms with Crippen LogP contribution in [0.15, 0.2) is 36.8 Å². The summed E-state index contributed by atoms with van der Waals surface area (Å²) in [5.41, 5.74) is 3.32. The second-order valence-corrected chi connectivity index (χ2v) is 9.15. The van der Waals surface area contributed by atoms with E-state index in [1.165, 1.54) is 19.2 Å². The van der Waals surface area contributed by atoms with Crippen LogP contribution in [0.3, 0.4) is 0 Å². The Bertz CT molecular complexity index is 1180. The predicted octanol–water partition coefficient (Wildman–Crippen LogP) is 2.56. The first-order valence-electron chi connectivity index (χ1n) is 11.9. The third-order valence-electron chi connectivity index (χ3n) is 6.59. The molecule has 0 aliphatic heterocycles. The van der Waals surface area contributed by atoms with E-state index in [4.69, 9.17) is 9.84 Å². The number of carbonyl (C=O) groups excluding carboxylic acids is 2. The Hall–Kier alpha value is -3.46. The molecule has 0 radical (unpaired) electrons. The molecule has 178 valence electrons. The van der Waals surface area contributed by atoms with E-state index < -0.39 is 6.61 Å². The van der Waals surface area contributed by atoms with Crippen molar-refractivity contribution in [2.45, 2.75) is 50.6 Å². The van der Waals surface area contributed by atoms with Gasteiger partial charge in [-0.2, -0.15) is 0 Å². The lowest BCUT2D eigenvalue weighted by atomic mass is 9.91. The SMILES string of the molecule is O=C(CO)N[C@H]1CC[C@H](NC(=O)c2c[nH]c3c(-c4ccccc4OCC4CC4)ncnc23)CC1. The number of benzene rings is 1. The number of hydrogen-bond acceptors (Lipinski definition) is 6. The number of H-pyrrole nitrogens is 1. The molecular weight excluding hydrogens is 434 g/mol. The normalized spacial score (nSPS) is 20.1. The Morgan fingerprint density at radius 2 is 1.76 bits per heavy atom. The predicted molar refractivity (Wildman–Crippen MR) is 126 cm³/mol. The smallest absolute Gasteiger partial charge is 0.255 e. The Balaban J connectivity index is 1.30. The first kappa shape index (κ1) is 22.3. The molecule has 0 spiro atoms. The van der Waals surface area contributed by atoms with E-state index in [-0.39, 0.29) is 23.9 Å². The number of hydrogen-bond donors (Lipinski definition) is 4. The molecule has 2 saturated carbocycles. The van der Waals surface area contributed by atoms with Crippen molar-refractivity contribution in [3.8, 4) is 17.0 Å². The van der Waals surface area contributed by atoms with Crippen LogP contribution < -0.4 is 15.4 Å². The molecule has 0 unspecified atom stereocenters. The Morgan fingerprint density at radius 1 is 1.03 bits per heavy atom. The maximum absolute atomic E-state index is 13.1. The topological polar surface area (TPSA) is 129 Å². The van der Waals surface area contributed by atoms with Crippen LogP contribution in [0.1, 0.15) is 48.9 Å². The van der Waals surface area contributed by atoms with Gasteiger partial charge in [-0.05, 0) is 56.6 Å². The minimum atomic E-state index is -0.502. The van der Waals surface area contributed by atoms with Crippen LogP contribution in [-0.4, -0.2) is 57.2 Å². The number of aromatic amines is 1. The molecule has 9 heteroatoms. The summed E-state index contributed by atoms with van der Waals surface area (Å²) in [6, 6.07) is 7.88. The molecule has 0 saturated heterocycles. The number of nitrogens with zero attached hydrogens (tertiary/aromatic N) is 2. The second-order valence-electron chi connectivity index (χ2n) is 9.15. The van der Waals surface area contributed by atoms with Gasteiger partial charge in [-0.3, -0.25) is 9.59 Å². The number of amides is 2. The highest BCUT2D eigenvalue weighted by molar-refractivity contribution is 6.07. The summed E-state index contributed by atoms with van der Waals surface area (Å²) in [6.45, 7) is 0.202. The number of fused-ring (bicyclic) bond motifs is 1. The largest absolute Gasteiger partial charge is 0.493 e. The summed E-state index contributed by atoms with van der Waals surface area (Å²) < 4.78 is 6.07. The van der Waals surface area contributed by atoms with Gasteiger partial charge < -0.3 is 25.5 Å². The molecule has 2 aliphatic rings. The van der Waals surface area contributed by atoms with Crippen molar-refractivity contribution in [3.05, 3.63) is 42.4 Å². The van der Waals surface area contributed by atoms with Crippen molar-refractivity contribution in [2.24, 2.45) is 5.92 Å². The standard InChI is InChI=1S/C25H29N5O4/c31-12-21(32)29-16-7-9-17(10-8-16)30-25(33)19-11-26-24-22(27-14-28-23(19)24)18-3-1-2-4-20(18)34-13-15-5-6-15/h1-4,11,14-17,26,31H,5-10,12-13H2,(H,29,32)(H,30,33)/t16-,17-. The summed E-state index contributed by atoms with van der Waals surface area (Å²) in [5.74, 6) is 0.874. The van der Waals surface area contributed by atoms with Gasteiger partial charge in [0.15, 0.2) is 0 Å². The zero-order valence-electron chi connectivity index (χ0n) is 18.9. The van der Waals surface area contributed by atoms with Crippen molar-refractivity contribution in [3.63, 3.8) is 0 Å². The van der Waals surface area contributed by atoms with E-state index in [0.29, 0.717) is 34.8 Å². The number of rotatable bonds is 8. The van der Waals surface area contributed by atoms with Gasteiger partial charge in [-0.1, -0.05) is 12.1 Å². The molecule has 2 aliphatic carbocycles. The number of aliphatic hydroxyl groups is 1. The minimum absolute atomic E-state index is 0.0255. The molecule has 3 aromatic rings. The highest BCUT2D eigenvalue weighted by atomic mass is 16.5. The van der Waals surface area contributed by atoms with Crippen molar-refractivity contribution in [2.75, 3.05) is 13.2 Å². The van der Waals surface area contributed by atoms with Gasteiger partial charge in [-0.25, -0.2) is 9.97 Å². The third-order valence-corrected chi connectivity index (χ3v) is 6.59. The third kappa shape index (κ3) is 4.89.